The maximum Gasteiger partial charge on any atom is 0.324 e. The molecule has 6 nitrogen and oxygen atoms in total. The molecular formula is C25H26N4O2. The van der Waals surface area contributed by atoms with Gasteiger partial charge in [-0.05, 0) is 36.6 Å². The summed E-state index contributed by atoms with van der Waals surface area (Å²) in [6.07, 6.45) is 0. The van der Waals surface area contributed by atoms with Gasteiger partial charge in [0.25, 0.3) is 0 Å². The van der Waals surface area contributed by atoms with Crippen LogP contribution in [-0.4, -0.2) is 20.9 Å². The van der Waals surface area contributed by atoms with Crippen LogP contribution < -0.4 is 10.6 Å². The summed E-state index contributed by atoms with van der Waals surface area (Å²) in [5.74, 6) is 0.684. The summed E-state index contributed by atoms with van der Waals surface area (Å²) < 4.78 is 1.74. The Morgan fingerprint density at radius 1 is 0.968 bits per heavy atom. The predicted molar refractivity (Wildman–Crippen MR) is 125 cm³/mol. The molecule has 158 valence electrons. The van der Waals surface area contributed by atoms with E-state index in [-0.39, 0.29) is 11.2 Å². The predicted octanol–water partition coefficient (Wildman–Crippen LogP) is 5.98. The van der Waals surface area contributed by atoms with Gasteiger partial charge in [-0.15, -0.1) is 0 Å². The van der Waals surface area contributed by atoms with Gasteiger partial charge in [-0.1, -0.05) is 62.7 Å². The molecule has 0 atom stereocenters. The molecule has 0 bridgehead atoms. The molecule has 4 aromatic rings. The SMILES string of the molecule is Cc1ccc(-n2nc(C(C)(C)C)cc2NC(=O)Nc2cccc3cccc(O)c23)cc1. The highest BCUT2D eigenvalue weighted by Crippen LogP contribution is 2.32. The second-order valence-electron chi connectivity index (χ2n) is 8.67. The van der Waals surface area contributed by atoms with Crippen LogP contribution in [0.15, 0.2) is 66.7 Å². The van der Waals surface area contributed by atoms with Crippen molar-refractivity contribution in [3.63, 3.8) is 0 Å². The lowest BCUT2D eigenvalue weighted by Crippen LogP contribution is -2.21. The Morgan fingerprint density at radius 2 is 1.65 bits per heavy atom. The lowest BCUT2D eigenvalue weighted by molar-refractivity contribution is 0.262. The number of hydrogen-bond acceptors (Lipinski definition) is 3. The summed E-state index contributed by atoms with van der Waals surface area (Å²) >= 11 is 0. The Hall–Kier alpha value is -3.80. The first-order valence-corrected chi connectivity index (χ1v) is 10.2. The minimum absolute atomic E-state index is 0.119. The number of amides is 2. The third kappa shape index (κ3) is 4.23. The largest absolute Gasteiger partial charge is 0.507 e. The van der Waals surface area contributed by atoms with Gasteiger partial charge in [-0.3, -0.25) is 5.32 Å². The van der Waals surface area contributed by atoms with E-state index in [1.807, 2.05) is 55.5 Å². The Morgan fingerprint density at radius 3 is 2.32 bits per heavy atom. The monoisotopic (exact) mass is 414 g/mol. The number of benzene rings is 3. The van der Waals surface area contributed by atoms with Gasteiger partial charge in [0.2, 0.25) is 0 Å². The van der Waals surface area contributed by atoms with Crippen molar-refractivity contribution in [2.45, 2.75) is 33.1 Å². The van der Waals surface area contributed by atoms with E-state index in [2.05, 4.69) is 31.4 Å². The number of rotatable bonds is 3. The van der Waals surface area contributed by atoms with E-state index in [4.69, 9.17) is 5.10 Å². The van der Waals surface area contributed by atoms with Gasteiger partial charge in [0.05, 0.1) is 17.1 Å². The Bertz CT molecular complexity index is 1250. The zero-order valence-corrected chi connectivity index (χ0v) is 18.1. The molecule has 0 saturated heterocycles. The summed E-state index contributed by atoms with van der Waals surface area (Å²) in [5, 5.41) is 22.2. The van der Waals surface area contributed by atoms with E-state index < -0.39 is 6.03 Å². The van der Waals surface area contributed by atoms with Gasteiger partial charge in [0, 0.05) is 16.9 Å². The summed E-state index contributed by atoms with van der Waals surface area (Å²) in [4.78, 5) is 12.9. The highest BCUT2D eigenvalue weighted by molar-refractivity contribution is 6.07. The maximum absolute atomic E-state index is 12.9. The highest BCUT2D eigenvalue weighted by atomic mass is 16.3. The van der Waals surface area contributed by atoms with Gasteiger partial charge in [0.1, 0.15) is 11.6 Å². The van der Waals surface area contributed by atoms with Crippen LogP contribution in [-0.2, 0) is 5.41 Å². The lowest BCUT2D eigenvalue weighted by Gasteiger charge is -2.14. The van der Waals surface area contributed by atoms with Crippen LogP contribution in [0.1, 0.15) is 32.0 Å². The van der Waals surface area contributed by atoms with Crippen LogP contribution in [0.5, 0.6) is 5.75 Å². The van der Waals surface area contributed by atoms with E-state index in [1.54, 1.807) is 22.9 Å². The van der Waals surface area contributed by atoms with Crippen molar-refractivity contribution in [3.8, 4) is 11.4 Å². The second kappa shape index (κ2) is 7.80. The fraction of sp³-hybridized carbons (Fsp3) is 0.200. The van der Waals surface area contributed by atoms with Crippen molar-refractivity contribution in [1.29, 1.82) is 0 Å². The molecule has 1 aromatic heterocycles. The number of nitrogens with one attached hydrogen (secondary N) is 2. The fourth-order valence-corrected chi connectivity index (χ4v) is 3.41. The summed E-state index contributed by atoms with van der Waals surface area (Å²) in [6.45, 7) is 8.27. The van der Waals surface area contributed by atoms with Crippen LogP contribution >= 0.6 is 0 Å². The molecule has 2 amide bonds. The van der Waals surface area contributed by atoms with Crippen molar-refractivity contribution >= 4 is 28.3 Å². The van der Waals surface area contributed by atoms with Gasteiger partial charge >= 0.3 is 6.03 Å². The minimum atomic E-state index is -0.413. The zero-order chi connectivity index (χ0) is 22.2. The van der Waals surface area contributed by atoms with Crippen LogP contribution in [0.3, 0.4) is 0 Å². The molecule has 6 heteroatoms. The molecule has 0 saturated carbocycles. The number of anilines is 2. The Labute approximate surface area is 181 Å². The molecule has 1 heterocycles. The number of carbonyl (C=O) groups is 1. The van der Waals surface area contributed by atoms with Crippen LogP contribution in [0.2, 0.25) is 0 Å². The summed E-state index contributed by atoms with van der Waals surface area (Å²) in [5.41, 5.74) is 3.23. The summed E-state index contributed by atoms with van der Waals surface area (Å²) in [6, 6.07) is 20.2. The van der Waals surface area contributed by atoms with Crippen molar-refractivity contribution < 1.29 is 9.90 Å². The number of aromatic nitrogens is 2. The van der Waals surface area contributed by atoms with Gasteiger partial charge in [0.15, 0.2) is 0 Å². The number of nitrogens with zero attached hydrogens (tertiary/aromatic N) is 2. The number of aromatic hydroxyl groups is 1. The van der Waals surface area contributed by atoms with Crippen LogP contribution in [0, 0.1) is 6.92 Å². The highest BCUT2D eigenvalue weighted by Gasteiger charge is 2.21. The van der Waals surface area contributed by atoms with Crippen LogP contribution in [0.25, 0.3) is 16.5 Å². The normalized spacial score (nSPS) is 11.5. The molecule has 0 fully saturated rings. The molecule has 0 spiro atoms. The van der Waals surface area contributed by atoms with Crippen LogP contribution in [0.4, 0.5) is 16.3 Å². The number of phenolic OH excluding ortho intramolecular Hbond substituents is 1. The number of phenols is 1. The third-order valence-corrected chi connectivity index (χ3v) is 5.13. The molecule has 0 aliphatic rings. The van der Waals surface area contributed by atoms with E-state index in [0.717, 1.165) is 22.3 Å². The van der Waals surface area contributed by atoms with Crippen molar-refractivity contribution in [3.05, 3.63) is 78.0 Å². The molecule has 0 aliphatic carbocycles. The average molecular weight is 415 g/mol. The fourth-order valence-electron chi connectivity index (χ4n) is 3.41. The van der Waals surface area contributed by atoms with Gasteiger partial charge < -0.3 is 10.4 Å². The first kappa shape index (κ1) is 20.5. The zero-order valence-electron chi connectivity index (χ0n) is 18.1. The molecule has 0 aliphatic heterocycles. The van der Waals surface area contributed by atoms with E-state index in [9.17, 15) is 9.90 Å². The van der Waals surface area contributed by atoms with Crippen molar-refractivity contribution in [2.24, 2.45) is 0 Å². The lowest BCUT2D eigenvalue weighted by atomic mass is 9.92. The number of fused-ring (bicyclic) bond motifs is 1. The Kier molecular flexibility index (Phi) is 5.15. The minimum Gasteiger partial charge on any atom is -0.507 e. The molecule has 0 unspecified atom stereocenters. The van der Waals surface area contributed by atoms with Gasteiger partial charge in [-0.2, -0.15) is 5.10 Å². The first-order chi connectivity index (χ1) is 14.7. The van der Waals surface area contributed by atoms with E-state index in [0.29, 0.717) is 16.9 Å². The number of hydrogen-bond donors (Lipinski definition) is 3. The van der Waals surface area contributed by atoms with Crippen molar-refractivity contribution in [2.75, 3.05) is 10.6 Å². The molecular weight excluding hydrogens is 388 g/mol. The molecule has 3 aromatic carbocycles. The van der Waals surface area contributed by atoms with E-state index in [1.165, 1.54) is 0 Å². The average Bonchev–Trinajstić information content (AvgIpc) is 3.13. The van der Waals surface area contributed by atoms with Crippen molar-refractivity contribution in [1.82, 2.24) is 9.78 Å². The molecule has 0 radical (unpaired) electrons. The number of aryl methyl sites for hydroxylation is 1. The quantitative estimate of drug-likeness (QED) is 0.386. The third-order valence-electron chi connectivity index (χ3n) is 5.13. The number of urea groups is 1. The Balaban J connectivity index is 1.67. The second-order valence-corrected chi connectivity index (χ2v) is 8.67. The molecule has 3 N–H and O–H groups in total. The maximum atomic E-state index is 12.9. The smallest absolute Gasteiger partial charge is 0.324 e. The standard InChI is InChI=1S/C25H26N4O2/c1-16-11-13-18(14-12-16)29-22(15-21(28-29)25(2,3)4)27-24(31)26-19-9-5-7-17-8-6-10-20(30)23(17)19/h5-15,30H,1-4H3,(H2,26,27,31). The molecule has 4 rings (SSSR count). The first-order valence-electron chi connectivity index (χ1n) is 10.2. The van der Waals surface area contributed by atoms with E-state index >= 15 is 0 Å². The summed E-state index contributed by atoms with van der Waals surface area (Å²) in [7, 11) is 0. The number of carbonyl (C=O) groups excluding carboxylic acids is 1. The topological polar surface area (TPSA) is 79.2 Å². The van der Waals surface area contributed by atoms with Gasteiger partial charge in [-0.25, -0.2) is 9.48 Å². The molecule has 31 heavy (non-hydrogen) atoms.